The fraction of sp³-hybridized carbons (Fsp3) is 0.705. The molecule has 49 nitrogen and oxygen atoms in total. The summed E-state index contributed by atoms with van der Waals surface area (Å²) in [7, 11) is 0. The van der Waals surface area contributed by atoms with Gasteiger partial charge in [0, 0.05) is 26.1 Å². The Bertz CT molecular complexity index is 4300. The van der Waals surface area contributed by atoms with Gasteiger partial charge in [-0.05, 0) is 140 Å². The molecule has 137 heavy (non-hydrogen) atoms. The maximum atomic E-state index is 14.9. The average Bonchev–Trinajstić information content (AvgIpc) is 1.74. The highest BCUT2D eigenvalue weighted by molar-refractivity contribution is 6.02. The van der Waals surface area contributed by atoms with E-state index in [1.165, 1.54) is 37.5 Å². The lowest BCUT2D eigenvalue weighted by atomic mass is 9.99. The van der Waals surface area contributed by atoms with Gasteiger partial charge in [-0.1, -0.05) is 99.6 Å². The summed E-state index contributed by atoms with van der Waals surface area (Å²) in [4.78, 5) is 278. The van der Waals surface area contributed by atoms with Gasteiger partial charge in [0.15, 0.2) is 0 Å². The number of likely N-dealkylation sites (tertiary alicyclic amines) is 3. The number of nitrogens with zero attached hydrogens (tertiary/aromatic N) is 3. The van der Waals surface area contributed by atoms with Crippen molar-refractivity contribution >= 4 is 118 Å². The number of aliphatic hydroxyl groups excluding tert-OH is 7. The summed E-state index contributed by atoms with van der Waals surface area (Å²) in [5.41, 5.74) is 12.3. The van der Waals surface area contributed by atoms with Crippen LogP contribution in [-0.4, -0.2) is 367 Å². The summed E-state index contributed by atoms with van der Waals surface area (Å²) in [5.74, 6) is -21.9. The smallest absolute Gasteiger partial charge is 0.328 e. The number of benzene rings is 1. The SMILES string of the molecule is CC(C)C[C@H](NC(=O)[C@@H]1CCCN1C(=O)[C@H](Cc1ccccc1)NC(=O)[C@@H](NC(=O)[C@H](CO)NC(=O)[C@@H]1CCCN1C(=O)CNC(=O)[C@H](CCCCN)NC(=O)[C@@H](NC(=O)[C@H](CO)NC(=O)[C@H](C)NC(=O)[C@H](CO)NC(=O)[C@H](CO)NC(=O)[C@@H](NC(=O)[C@@H](NC(=O)[C@@H](NC(=O)[C@@H](N)CC(C)C)C(C)C)[C@@H](C)O)C(C)C)[C@@H](C)O)C(C)C)C(=O)N[C@@H](C)C(=O)N1CCC[C@H]1C(=O)N[C@@H](CO)C(=O)O. The van der Waals surface area contributed by atoms with Crippen molar-refractivity contribution in [3.05, 3.63) is 35.9 Å². The van der Waals surface area contributed by atoms with Gasteiger partial charge in [-0.2, -0.15) is 0 Å². The molecule has 3 saturated heterocycles. The zero-order valence-corrected chi connectivity index (χ0v) is 80.2. The molecule has 0 unspecified atom stereocenters. The molecule has 1 aromatic carbocycles. The lowest BCUT2D eigenvalue weighted by Gasteiger charge is -2.32. The Morgan fingerprint density at radius 3 is 1.15 bits per heavy atom. The first kappa shape index (κ1) is 118. The van der Waals surface area contributed by atoms with Crippen molar-refractivity contribution in [2.24, 2.45) is 41.1 Å². The second kappa shape index (κ2) is 57.5. The maximum absolute atomic E-state index is 14.9. The molecular formula is C88H145N21O28. The lowest BCUT2D eigenvalue weighted by molar-refractivity contribution is -0.145. The number of aliphatic carboxylic acids is 1. The number of amides is 19. The van der Waals surface area contributed by atoms with E-state index < -0.39 is 303 Å². The number of carboxylic acid groups (broad SMARTS) is 1. The number of unbranched alkanes of at least 4 members (excludes halogenated alkanes) is 1. The monoisotopic (exact) mass is 1940 g/mol. The van der Waals surface area contributed by atoms with Crippen LogP contribution in [0.15, 0.2) is 30.3 Å². The van der Waals surface area contributed by atoms with Crippen LogP contribution >= 0.6 is 0 Å². The first-order valence-electron chi connectivity index (χ1n) is 46.3. The topological polar surface area (TPSA) is 757 Å². The molecule has 19 amide bonds. The Kier molecular flexibility index (Phi) is 49.3. The minimum Gasteiger partial charge on any atom is -0.480 e. The summed E-state index contributed by atoms with van der Waals surface area (Å²) in [6.45, 7) is 15.3. The Balaban J connectivity index is 1.38. The molecule has 3 aliphatic rings. The minimum absolute atomic E-state index is 0.0220. The van der Waals surface area contributed by atoms with E-state index in [4.69, 9.17) is 11.5 Å². The molecule has 49 heteroatoms. The molecule has 3 fully saturated rings. The van der Waals surface area contributed by atoms with E-state index in [2.05, 4.69) is 85.1 Å². The summed E-state index contributed by atoms with van der Waals surface area (Å²) in [5, 5.41) is 120. The van der Waals surface area contributed by atoms with Gasteiger partial charge in [-0.25, -0.2) is 4.79 Å². The van der Waals surface area contributed by atoms with Crippen LogP contribution in [-0.2, 0) is 102 Å². The number of rotatable bonds is 56. The maximum Gasteiger partial charge on any atom is 0.328 e. The van der Waals surface area contributed by atoms with Crippen LogP contribution in [0.25, 0.3) is 0 Å². The van der Waals surface area contributed by atoms with Gasteiger partial charge < -0.3 is 152 Å². The fourth-order valence-corrected chi connectivity index (χ4v) is 15.5. The van der Waals surface area contributed by atoms with E-state index in [1.54, 1.807) is 71.9 Å². The van der Waals surface area contributed by atoms with E-state index in [-0.39, 0.29) is 89.4 Å². The third kappa shape index (κ3) is 36.3. The summed E-state index contributed by atoms with van der Waals surface area (Å²) in [6.07, 6.45) is -1.50. The van der Waals surface area contributed by atoms with E-state index in [0.717, 1.165) is 18.7 Å². The van der Waals surface area contributed by atoms with E-state index in [1.807, 2.05) is 13.8 Å². The van der Waals surface area contributed by atoms with Gasteiger partial charge >= 0.3 is 5.97 Å². The normalized spacial score (nSPS) is 18.7. The van der Waals surface area contributed by atoms with Gasteiger partial charge in [0.05, 0.1) is 57.8 Å². The largest absolute Gasteiger partial charge is 0.480 e. The van der Waals surface area contributed by atoms with Crippen LogP contribution in [0.5, 0.6) is 0 Å². The highest BCUT2D eigenvalue weighted by Gasteiger charge is 2.46. The van der Waals surface area contributed by atoms with E-state index in [9.17, 15) is 137 Å². The molecule has 3 heterocycles. The molecule has 0 bridgehead atoms. The predicted octanol–water partition coefficient (Wildman–Crippen LogP) is -10.0. The van der Waals surface area contributed by atoms with Crippen molar-refractivity contribution in [1.82, 2.24) is 99.8 Å². The molecule has 0 saturated carbocycles. The molecule has 4 rings (SSSR count). The minimum atomic E-state index is -1.94. The molecule has 28 N–H and O–H groups in total. The van der Waals surface area contributed by atoms with E-state index >= 15 is 0 Å². The zero-order chi connectivity index (χ0) is 103. The number of nitrogens with two attached hydrogens (primary N) is 2. The Labute approximate surface area is 795 Å². The summed E-state index contributed by atoms with van der Waals surface area (Å²) >= 11 is 0. The molecule has 1 aromatic rings. The number of hydrogen-bond donors (Lipinski definition) is 26. The van der Waals surface area contributed by atoms with Crippen molar-refractivity contribution in [3.8, 4) is 0 Å². The fourth-order valence-electron chi connectivity index (χ4n) is 15.5. The second-order valence-corrected chi connectivity index (χ2v) is 36.5. The van der Waals surface area contributed by atoms with Gasteiger partial charge in [-0.3, -0.25) is 91.1 Å². The van der Waals surface area contributed by atoms with Crippen LogP contribution in [0.3, 0.4) is 0 Å². The number of nitrogens with one attached hydrogen (secondary N) is 16. The number of aliphatic hydroxyl groups is 7. The molecule has 21 atom stereocenters. The van der Waals surface area contributed by atoms with Gasteiger partial charge in [-0.15, -0.1) is 0 Å². The zero-order valence-electron chi connectivity index (χ0n) is 80.2. The highest BCUT2D eigenvalue weighted by Crippen LogP contribution is 2.25. The molecule has 0 aliphatic carbocycles. The van der Waals surface area contributed by atoms with Crippen LogP contribution in [0, 0.1) is 29.6 Å². The van der Waals surface area contributed by atoms with Crippen LogP contribution in [0.1, 0.15) is 173 Å². The van der Waals surface area contributed by atoms with Crippen molar-refractivity contribution < 1.29 is 137 Å². The number of carboxylic acids is 1. The van der Waals surface area contributed by atoms with Crippen LogP contribution in [0.4, 0.5) is 0 Å². The van der Waals surface area contributed by atoms with Gasteiger partial charge in [0.1, 0.15) is 109 Å². The molecule has 770 valence electrons. The standard InChI is InChI=1S/C88H145N21O28/c1-42(2)33-52(90)71(119)102-67(46(9)10)83(131)106-69(50(14)116)85(133)104-66(45(7)8)82(130)100-57(38-111)75(123)98-56(37-110)74(122)92-47(11)70(118)97-58(39-112)77(125)105-68(49(13)115)84(132)94-53(25-18-19-29-89)72(120)91-36-64(117)107-30-20-26-61(107)78(126)99-59(40-113)76(124)103-65(44(5)6)81(129)96-55(35-51-23-16-15-17-24-51)87(135)109-32-22-28-63(109)79(127)95-54(34-43(3)4)73(121)93-48(12)86(134)108-31-21-27-62(108)80(128)101-60(41-114)88(136)137/h15-17,23-24,42-50,52-63,65-69,110-116H,18-22,25-41,89-90H2,1-14H3,(H,91,120)(H,92,122)(H,93,121)(H,94,132)(H,95,127)(H,96,129)(H,97,118)(H,98,123)(H,99,126)(H,100,130)(H,101,128)(H,102,119)(H,103,124)(H,104,133)(H,105,125)(H,106,131)(H,136,137)/t47-,48-,49+,50+,52-,53-,54-,55-,56-,57-,58-,59-,60-,61-,62-,63-,65-,66-,67-,68-,69-/m0/s1. The van der Waals surface area contributed by atoms with Crippen molar-refractivity contribution in [2.45, 2.75) is 301 Å². The third-order valence-corrected chi connectivity index (χ3v) is 23.3. The van der Waals surface area contributed by atoms with Gasteiger partial charge in [0.2, 0.25) is 112 Å². The average molecular weight is 1950 g/mol. The quantitative estimate of drug-likeness (QED) is 0.0269. The molecular weight excluding hydrogens is 1800 g/mol. The van der Waals surface area contributed by atoms with Crippen molar-refractivity contribution in [2.75, 3.05) is 65.8 Å². The van der Waals surface area contributed by atoms with Gasteiger partial charge in [0.25, 0.3) is 0 Å². The summed E-state index contributed by atoms with van der Waals surface area (Å²) in [6, 6.07) is -20.0. The van der Waals surface area contributed by atoms with Crippen molar-refractivity contribution in [3.63, 3.8) is 0 Å². The third-order valence-electron chi connectivity index (χ3n) is 23.3. The number of carbonyl (C=O) groups excluding carboxylic acids is 19. The summed E-state index contributed by atoms with van der Waals surface area (Å²) < 4.78 is 0. The first-order valence-corrected chi connectivity index (χ1v) is 46.3. The molecule has 0 aromatic heterocycles. The Hall–Kier alpha value is -11.7. The highest BCUT2D eigenvalue weighted by atomic mass is 16.4. The first-order chi connectivity index (χ1) is 64.4. The lowest BCUT2D eigenvalue weighted by Crippen LogP contribution is -2.63. The van der Waals surface area contributed by atoms with Crippen molar-refractivity contribution in [1.29, 1.82) is 0 Å². The number of carbonyl (C=O) groups is 20. The predicted molar refractivity (Wildman–Crippen MR) is 488 cm³/mol. The second-order valence-electron chi connectivity index (χ2n) is 36.5. The Morgan fingerprint density at radius 2 is 0.701 bits per heavy atom. The molecule has 0 spiro atoms. The molecule has 0 radical (unpaired) electrons. The number of hydrogen-bond acceptors (Lipinski definition) is 29. The van der Waals surface area contributed by atoms with Crippen LogP contribution < -0.4 is 96.5 Å². The van der Waals surface area contributed by atoms with Crippen LogP contribution in [0.2, 0.25) is 0 Å². The Morgan fingerprint density at radius 1 is 0.358 bits per heavy atom. The molecule has 3 aliphatic heterocycles. The van der Waals surface area contributed by atoms with E-state index in [0.29, 0.717) is 31.2 Å².